The van der Waals surface area contributed by atoms with Gasteiger partial charge in [0, 0.05) is 17.1 Å². The average molecular weight is 309 g/mol. The molecule has 1 aliphatic heterocycles. The summed E-state index contributed by atoms with van der Waals surface area (Å²) >= 11 is 6.03. The van der Waals surface area contributed by atoms with Gasteiger partial charge in [0.05, 0.1) is 0 Å². The van der Waals surface area contributed by atoms with Crippen LogP contribution in [0.5, 0.6) is 0 Å². The molecule has 1 fully saturated rings. The van der Waals surface area contributed by atoms with Gasteiger partial charge >= 0.3 is 0 Å². The Hall–Kier alpha value is -0.570. The molecule has 21 heavy (non-hydrogen) atoms. The smallest absolute Gasteiger partial charge is 0.0499 e. The van der Waals surface area contributed by atoms with Crippen LogP contribution in [0.4, 0.5) is 0 Å². The van der Waals surface area contributed by atoms with Crippen LogP contribution in [0, 0.1) is 5.41 Å². The number of benzene rings is 1. The van der Waals surface area contributed by atoms with Crippen LogP contribution in [0.2, 0.25) is 5.02 Å². The van der Waals surface area contributed by atoms with Gasteiger partial charge in [-0.1, -0.05) is 44.5 Å². The van der Waals surface area contributed by atoms with Gasteiger partial charge in [-0.25, -0.2) is 0 Å². The Balaban J connectivity index is 2.21. The molecule has 0 radical (unpaired) electrons. The molecule has 2 nitrogen and oxygen atoms in total. The first-order valence-electron chi connectivity index (χ1n) is 8.18. The molecule has 1 aromatic rings. The molecule has 1 aromatic carbocycles. The van der Waals surface area contributed by atoms with E-state index in [9.17, 15) is 0 Å². The Kier molecular flexibility index (Phi) is 5.70. The molecule has 0 amide bonds. The first-order valence-corrected chi connectivity index (χ1v) is 8.56. The summed E-state index contributed by atoms with van der Waals surface area (Å²) in [4.78, 5) is 2.59. The van der Waals surface area contributed by atoms with E-state index >= 15 is 0 Å². The zero-order chi connectivity index (χ0) is 15.5. The quantitative estimate of drug-likeness (QED) is 0.878. The topological polar surface area (TPSA) is 29.3 Å². The summed E-state index contributed by atoms with van der Waals surface area (Å²) in [6.07, 6.45) is 4.80. The Labute approximate surface area is 134 Å². The van der Waals surface area contributed by atoms with Gasteiger partial charge in [-0.3, -0.25) is 4.90 Å². The molecule has 2 atom stereocenters. The average Bonchev–Trinajstić information content (AvgIpc) is 2.62. The highest BCUT2D eigenvalue weighted by atomic mass is 35.5. The van der Waals surface area contributed by atoms with Gasteiger partial charge in [0.2, 0.25) is 0 Å². The maximum Gasteiger partial charge on any atom is 0.0499 e. The first-order chi connectivity index (χ1) is 9.93. The zero-order valence-electron chi connectivity index (χ0n) is 13.6. The van der Waals surface area contributed by atoms with Crippen molar-refractivity contribution in [2.24, 2.45) is 11.1 Å². The van der Waals surface area contributed by atoms with E-state index < -0.39 is 0 Å². The predicted molar refractivity (Wildman–Crippen MR) is 91.7 cm³/mol. The first kappa shape index (κ1) is 16.8. The second-order valence-electron chi connectivity index (χ2n) is 7.12. The van der Waals surface area contributed by atoms with Crippen molar-refractivity contribution in [1.29, 1.82) is 0 Å². The van der Waals surface area contributed by atoms with Crippen LogP contribution in [0.1, 0.15) is 58.1 Å². The van der Waals surface area contributed by atoms with E-state index in [-0.39, 0.29) is 6.04 Å². The summed E-state index contributed by atoms with van der Waals surface area (Å²) in [6.45, 7) is 9.22. The third-order valence-electron chi connectivity index (χ3n) is 4.86. The van der Waals surface area contributed by atoms with Crippen LogP contribution in [-0.4, -0.2) is 24.0 Å². The minimum Gasteiger partial charge on any atom is -0.326 e. The summed E-state index contributed by atoms with van der Waals surface area (Å²) in [5.41, 5.74) is 8.22. The maximum atomic E-state index is 6.46. The second-order valence-corrected chi connectivity index (χ2v) is 7.56. The highest BCUT2D eigenvalue weighted by Crippen LogP contribution is 2.34. The number of rotatable bonds is 4. The van der Waals surface area contributed by atoms with E-state index in [0.29, 0.717) is 11.5 Å². The summed E-state index contributed by atoms with van der Waals surface area (Å²) in [7, 11) is 0. The Morgan fingerprint density at radius 1 is 1.19 bits per heavy atom. The highest BCUT2D eigenvalue weighted by molar-refractivity contribution is 6.30. The van der Waals surface area contributed by atoms with Crippen LogP contribution in [-0.2, 0) is 0 Å². The van der Waals surface area contributed by atoms with Crippen molar-refractivity contribution in [3.63, 3.8) is 0 Å². The monoisotopic (exact) mass is 308 g/mol. The minimum atomic E-state index is 0.174. The third kappa shape index (κ3) is 4.45. The third-order valence-corrected chi connectivity index (χ3v) is 5.11. The fourth-order valence-corrected chi connectivity index (χ4v) is 3.46. The SMILES string of the molecule is CCC(N)C(c1ccc(Cl)cc1)N1CCCC(C)(C)CC1. The molecule has 2 rings (SSSR count). The van der Waals surface area contributed by atoms with Crippen molar-refractivity contribution in [1.82, 2.24) is 4.90 Å². The van der Waals surface area contributed by atoms with E-state index in [1.807, 2.05) is 12.1 Å². The summed E-state index contributed by atoms with van der Waals surface area (Å²) in [5.74, 6) is 0. The molecule has 1 saturated heterocycles. The van der Waals surface area contributed by atoms with Gasteiger partial charge < -0.3 is 5.73 Å². The fraction of sp³-hybridized carbons (Fsp3) is 0.667. The molecular formula is C18H29ClN2. The number of nitrogens with two attached hydrogens (primary N) is 1. The number of halogens is 1. The highest BCUT2D eigenvalue weighted by Gasteiger charge is 2.30. The molecule has 0 bridgehead atoms. The molecule has 0 aromatic heterocycles. The summed E-state index contributed by atoms with van der Waals surface area (Å²) in [6, 6.07) is 8.72. The minimum absolute atomic E-state index is 0.174. The molecule has 2 unspecified atom stereocenters. The van der Waals surface area contributed by atoms with E-state index in [1.54, 1.807) is 0 Å². The lowest BCUT2D eigenvalue weighted by Gasteiger charge is -2.35. The predicted octanol–water partition coefficient (Wildman–Crippen LogP) is 4.63. The van der Waals surface area contributed by atoms with Crippen LogP contribution >= 0.6 is 11.6 Å². The Morgan fingerprint density at radius 3 is 2.48 bits per heavy atom. The molecule has 3 heteroatoms. The lowest BCUT2D eigenvalue weighted by molar-refractivity contribution is 0.168. The van der Waals surface area contributed by atoms with E-state index in [2.05, 4.69) is 37.8 Å². The van der Waals surface area contributed by atoms with Crippen molar-refractivity contribution >= 4 is 11.6 Å². The van der Waals surface area contributed by atoms with E-state index in [0.717, 1.165) is 24.5 Å². The lowest BCUT2D eigenvalue weighted by Crippen LogP contribution is -2.41. The molecular weight excluding hydrogens is 280 g/mol. The second kappa shape index (κ2) is 7.13. The molecule has 2 N–H and O–H groups in total. The van der Waals surface area contributed by atoms with Crippen molar-refractivity contribution < 1.29 is 0 Å². The zero-order valence-corrected chi connectivity index (χ0v) is 14.4. The van der Waals surface area contributed by atoms with Crippen LogP contribution < -0.4 is 5.73 Å². The Bertz CT molecular complexity index is 441. The van der Waals surface area contributed by atoms with Crippen LogP contribution in [0.3, 0.4) is 0 Å². The van der Waals surface area contributed by atoms with Crippen LogP contribution in [0.25, 0.3) is 0 Å². The van der Waals surface area contributed by atoms with Gasteiger partial charge in [-0.05, 0) is 61.9 Å². The summed E-state index contributed by atoms with van der Waals surface area (Å²) in [5, 5.41) is 0.791. The van der Waals surface area contributed by atoms with Gasteiger partial charge in [-0.15, -0.1) is 0 Å². The van der Waals surface area contributed by atoms with E-state index in [4.69, 9.17) is 17.3 Å². The largest absolute Gasteiger partial charge is 0.326 e. The summed E-state index contributed by atoms with van der Waals surface area (Å²) < 4.78 is 0. The normalized spacial score (nSPS) is 22.5. The Morgan fingerprint density at radius 2 is 1.86 bits per heavy atom. The van der Waals surface area contributed by atoms with Gasteiger partial charge in [0.1, 0.15) is 0 Å². The number of hydrogen-bond donors (Lipinski definition) is 1. The number of likely N-dealkylation sites (tertiary alicyclic amines) is 1. The van der Waals surface area contributed by atoms with Gasteiger partial charge in [-0.2, -0.15) is 0 Å². The van der Waals surface area contributed by atoms with Crippen molar-refractivity contribution in [2.75, 3.05) is 13.1 Å². The van der Waals surface area contributed by atoms with Crippen LogP contribution in [0.15, 0.2) is 24.3 Å². The van der Waals surface area contributed by atoms with Crippen molar-refractivity contribution in [3.8, 4) is 0 Å². The molecule has 0 spiro atoms. The molecule has 1 heterocycles. The van der Waals surface area contributed by atoms with E-state index in [1.165, 1.54) is 24.8 Å². The van der Waals surface area contributed by atoms with Crippen molar-refractivity contribution in [3.05, 3.63) is 34.9 Å². The standard InChI is InChI=1S/C18H29ClN2/c1-4-16(20)17(14-6-8-15(19)9-7-14)21-12-5-10-18(2,3)11-13-21/h6-9,16-17H,4-5,10-13,20H2,1-3H3. The molecule has 0 saturated carbocycles. The molecule has 1 aliphatic rings. The van der Waals surface area contributed by atoms with Gasteiger partial charge in [0.25, 0.3) is 0 Å². The number of hydrogen-bond acceptors (Lipinski definition) is 2. The van der Waals surface area contributed by atoms with Crippen molar-refractivity contribution in [2.45, 2.75) is 58.5 Å². The lowest BCUT2D eigenvalue weighted by atomic mass is 9.85. The van der Waals surface area contributed by atoms with Gasteiger partial charge in [0.15, 0.2) is 0 Å². The maximum absolute atomic E-state index is 6.46. The molecule has 0 aliphatic carbocycles. The molecule has 118 valence electrons. The number of nitrogens with zero attached hydrogens (tertiary/aromatic N) is 1. The fourth-order valence-electron chi connectivity index (χ4n) is 3.33.